The van der Waals surface area contributed by atoms with E-state index in [4.69, 9.17) is 59.2 Å². The summed E-state index contributed by atoms with van der Waals surface area (Å²) in [5.41, 5.74) is 6.03. The Bertz CT molecular complexity index is 3840. The molecule has 0 aliphatic rings. The third-order valence-corrected chi connectivity index (χ3v) is 14.5. The number of ether oxygens (including phenoxy) is 8. The molecule has 3 amide bonds. The van der Waals surface area contributed by atoms with Crippen molar-refractivity contribution < 1.29 is 116 Å². The molecule has 554 valence electrons. The first kappa shape index (κ1) is 85.3. The van der Waals surface area contributed by atoms with E-state index in [1.807, 2.05) is 109 Å². The predicted molar refractivity (Wildman–Crippen MR) is 375 cm³/mol. The van der Waals surface area contributed by atoms with Gasteiger partial charge in [0.05, 0.1) is 13.2 Å². The molecule has 0 saturated carbocycles. The first-order chi connectivity index (χ1) is 48.5. The maximum atomic E-state index is 12.5. The number of carboxylic acid groups (broad SMARTS) is 2. The van der Waals surface area contributed by atoms with Gasteiger partial charge in [0.2, 0.25) is 13.6 Å². The molecule has 0 bridgehead atoms. The fraction of sp³-hybridized carbons (Fsp3) is 0.356. The summed E-state index contributed by atoms with van der Waals surface area (Å²) in [6, 6.07) is 41.5. The molecule has 0 spiro atoms. The monoisotopic (exact) mass is 1490 g/mol. The van der Waals surface area contributed by atoms with Crippen LogP contribution in [0.15, 0.2) is 146 Å². The van der Waals surface area contributed by atoms with Crippen LogP contribution in [0.4, 0.5) is 9.59 Å². The average molecular weight is 1490 g/mol. The van der Waals surface area contributed by atoms with Crippen molar-refractivity contribution in [3.05, 3.63) is 177 Å². The van der Waals surface area contributed by atoms with Crippen LogP contribution in [0.25, 0.3) is 33.4 Å². The fourth-order valence-electron chi connectivity index (χ4n) is 9.21. The van der Waals surface area contributed by atoms with E-state index in [-0.39, 0.29) is 51.7 Å². The highest BCUT2D eigenvalue weighted by molar-refractivity contribution is 6.33. The number of esters is 4. The summed E-state index contributed by atoms with van der Waals surface area (Å²) in [5.74, 6) is -10.8. The highest BCUT2D eigenvalue weighted by Crippen LogP contribution is 2.27. The van der Waals surface area contributed by atoms with Gasteiger partial charge in [-0.25, -0.2) is 38.4 Å². The van der Waals surface area contributed by atoms with E-state index in [2.05, 4.69) is 39.6 Å². The van der Waals surface area contributed by atoms with Crippen LogP contribution in [-0.4, -0.2) is 166 Å². The minimum absolute atomic E-state index is 0.0699. The topological polar surface area (TPSA) is 399 Å². The van der Waals surface area contributed by atoms with Gasteiger partial charge < -0.3 is 79.4 Å². The van der Waals surface area contributed by atoms with Crippen LogP contribution in [0.3, 0.4) is 0 Å². The number of amides is 3. The molecule has 6 aromatic carbocycles. The Labute approximate surface area is 608 Å². The van der Waals surface area contributed by atoms with Crippen LogP contribution in [0, 0.1) is 0 Å². The van der Waals surface area contributed by atoms with E-state index in [1.165, 1.54) is 0 Å². The average Bonchev–Trinajstić information content (AvgIpc) is 0.919. The third-order valence-electron chi connectivity index (χ3n) is 13.8. The molecule has 0 heterocycles. The standard InChI is InChI=1S/C27H32ClNO9.C23H24ClNO9.C23H26ClNO6/c1-5-35-26(34)37-16-36-24(32)22(30)15-21(29-23(31)25(33)38-27(2,3)4)13-17-9-11-18(12-10-17)19-7-6-8-20(28)14-19;1-2-32-23(31)34-13-33-22(30)19(26)12-18(25-20(27)21(28)29)10-14-6-8-15(9-7-14)16-4-3-5-17(24)11-16;1-23(2,3)31-22(30)20(27)25-18(13-19(26)21(28)29)11-14-7-9-15(10-8-14)16-5-4-6-17(24)12-16/h6-12,14,21-22,30H,5,13,15-16H2,1-4H3,(H,29,31);3-9,11,18-19,26H,2,10,12-13H2,1H3,(H,25,27)(H,28,29);4-10,12,18-19,26H,11,13H2,1-3H3,(H,25,27)(H,28,29)/t21-,22-;2*18-,19-/m111/s1. The molecule has 0 unspecified atom stereocenters. The summed E-state index contributed by atoms with van der Waals surface area (Å²) in [7, 11) is 0. The van der Waals surface area contributed by atoms with Gasteiger partial charge in [0.1, 0.15) is 11.2 Å². The maximum Gasteiger partial charge on any atom is 0.511 e. The van der Waals surface area contributed by atoms with Gasteiger partial charge in [-0.15, -0.1) is 0 Å². The lowest BCUT2D eigenvalue weighted by Gasteiger charge is -2.23. The number of carboxylic acids is 2. The van der Waals surface area contributed by atoms with E-state index in [9.17, 15) is 68.1 Å². The molecular formula is C73H82Cl3N3O24. The van der Waals surface area contributed by atoms with Crippen molar-refractivity contribution in [3.63, 3.8) is 0 Å². The SMILES string of the molecule is CC(C)(C)OC(=O)C(=O)N[C@H](Cc1ccc(-c2cccc(Cl)c2)cc1)C[C@@H](O)C(=O)O.CCOC(=O)OCOC(=O)[C@H](O)C[C@@H](Cc1ccc(-c2cccc(Cl)c2)cc1)NC(=O)C(=O)O.CCOC(=O)OCOC(=O)[C@H](O)C[C@@H](Cc1ccc(-c2cccc(Cl)c2)cc1)NC(=O)C(=O)OC(C)(C)C. The van der Waals surface area contributed by atoms with E-state index >= 15 is 0 Å². The van der Waals surface area contributed by atoms with Crippen LogP contribution in [-0.2, 0) is 100 Å². The smallest absolute Gasteiger partial charge is 0.479 e. The Balaban J connectivity index is 0.000000329. The van der Waals surface area contributed by atoms with Gasteiger partial charge in [0, 0.05) is 52.5 Å². The summed E-state index contributed by atoms with van der Waals surface area (Å²) in [5, 5.41) is 57.2. The highest BCUT2D eigenvalue weighted by Gasteiger charge is 2.31. The van der Waals surface area contributed by atoms with Crippen molar-refractivity contribution in [2.75, 3.05) is 26.8 Å². The molecule has 0 aliphatic heterocycles. The van der Waals surface area contributed by atoms with Crippen molar-refractivity contribution >= 4 is 101 Å². The van der Waals surface area contributed by atoms with Gasteiger partial charge in [-0.1, -0.05) is 144 Å². The predicted octanol–water partition coefficient (Wildman–Crippen LogP) is 9.56. The lowest BCUT2D eigenvalue weighted by atomic mass is 9.98. The molecule has 103 heavy (non-hydrogen) atoms. The van der Waals surface area contributed by atoms with Gasteiger partial charge in [0.25, 0.3) is 0 Å². The van der Waals surface area contributed by atoms with Crippen molar-refractivity contribution in [1.82, 2.24) is 16.0 Å². The summed E-state index contributed by atoms with van der Waals surface area (Å²) < 4.78 is 37.6. The van der Waals surface area contributed by atoms with E-state index in [0.29, 0.717) is 20.6 Å². The number of hydrogen-bond acceptors (Lipinski definition) is 22. The molecule has 6 aromatic rings. The van der Waals surface area contributed by atoms with Gasteiger partial charge in [-0.2, -0.15) is 0 Å². The molecule has 0 aliphatic carbocycles. The fourth-order valence-corrected chi connectivity index (χ4v) is 9.78. The van der Waals surface area contributed by atoms with Crippen molar-refractivity contribution in [2.45, 2.75) is 142 Å². The molecule has 6 atom stereocenters. The molecule has 30 heteroatoms. The highest BCUT2D eigenvalue weighted by atomic mass is 35.5. The maximum absolute atomic E-state index is 12.5. The Morgan fingerprint density at radius 2 is 0.680 bits per heavy atom. The molecule has 8 N–H and O–H groups in total. The van der Waals surface area contributed by atoms with E-state index in [1.54, 1.807) is 91.8 Å². The van der Waals surface area contributed by atoms with Crippen molar-refractivity contribution in [2.24, 2.45) is 0 Å². The summed E-state index contributed by atoms with van der Waals surface area (Å²) in [4.78, 5) is 129. The number of aliphatic hydroxyl groups is 3. The second-order valence-corrected chi connectivity index (χ2v) is 25.8. The quantitative estimate of drug-likeness (QED) is 0.0103. The molecule has 0 aromatic heterocycles. The van der Waals surface area contributed by atoms with Crippen LogP contribution in [0.5, 0.6) is 0 Å². The zero-order chi connectivity index (χ0) is 76.6. The third kappa shape index (κ3) is 33.0. The second kappa shape index (κ2) is 42.3. The van der Waals surface area contributed by atoms with E-state index < -0.39 is 127 Å². The summed E-state index contributed by atoms with van der Waals surface area (Å²) >= 11 is 18.1. The van der Waals surface area contributed by atoms with Gasteiger partial charge in [-0.3, -0.25) is 14.4 Å². The molecular weight excluding hydrogens is 1410 g/mol. The number of carbonyl (C=O) groups excluding carboxylic acids is 9. The Morgan fingerprint density at radius 3 is 0.942 bits per heavy atom. The number of hydrogen-bond donors (Lipinski definition) is 8. The summed E-state index contributed by atoms with van der Waals surface area (Å²) in [6.07, 6.45) is -7.53. The number of halogens is 3. The van der Waals surface area contributed by atoms with Crippen molar-refractivity contribution in [1.29, 1.82) is 0 Å². The molecule has 0 radical (unpaired) electrons. The largest absolute Gasteiger partial charge is 0.511 e. The van der Waals surface area contributed by atoms with Gasteiger partial charge in [-0.05, 0) is 161 Å². The van der Waals surface area contributed by atoms with Crippen LogP contribution in [0.1, 0.15) is 91.3 Å². The number of aliphatic hydroxyl groups excluding tert-OH is 3. The molecule has 6 rings (SSSR count). The molecule has 0 fully saturated rings. The summed E-state index contributed by atoms with van der Waals surface area (Å²) in [6.45, 7) is 11.5. The molecule has 27 nitrogen and oxygen atoms in total. The zero-order valence-electron chi connectivity index (χ0n) is 57.5. The van der Waals surface area contributed by atoms with Gasteiger partial charge >= 0.3 is 65.8 Å². The Hall–Kier alpha value is -10.2. The van der Waals surface area contributed by atoms with E-state index in [0.717, 1.165) is 44.5 Å². The first-order valence-electron chi connectivity index (χ1n) is 31.9. The number of carbonyl (C=O) groups is 11. The Kier molecular flexibility index (Phi) is 35.0. The van der Waals surface area contributed by atoms with Crippen LogP contribution in [0.2, 0.25) is 15.1 Å². The van der Waals surface area contributed by atoms with Crippen LogP contribution >= 0.6 is 34.8 Å². The normalized spacial score (nSPS) is 12.6. The van der Waals surface area contributed by atoms with Gasteiger partial charge in [0.15, 0.2) is 18.3 Å². The minimum atomic E-state index is -1.71. The molecule has 0 saturated heterocycles. The van der Waals surface area contributed by atoms with Crippen LogP contribution < -0.4 is 16.0 Å². The lowest BCUT2D eigenvalue weighted by molar-refractivity contribution is -0.165. The van der Waals surface area contributed by atoms with Crippen molar-refractivity contribution in [3.8, 4) is 33.4 Å². The second-order valence-electron chi connectivity index (χ2n) is 24.5. The minimum Gasteiger partial charge on any atom is -0.479 e. The number of rotatable bonds is 27. The number of benzene rings is 6. The zero-order valence-corrected chi connectivity index (χ0v) is 59.8. The number of nitrogens with one attached hydrogen (secondary N) is 3. The number of aliphatic carboxylic acids is 2. The lowest BCUT2D eigenvalue weighted by Crippen LogP contribution is -2.45. The first-order valence-corrected chi connectivity index (χ1v) is 33.0. The Morgan fingerprint density at radius 1 is 0.388 bits per heavy atom.